The lowest BCUT2D eigenvalue weighted by molar-refractivity contribution is 0.475. The lowest BCUT2D eigenvalue weighted by Gasteiger charge is -1.82. The van der Waals surface area contributed by atoms with Gasteiger partial charge in [0.05, 0.1) is 0 Å². The molecule has 1 aromatic rings. The molecule has 0 aromatic heterocycles. The summed E-state index contributed by atoms with van der Waals surface area (Å²) in [5.74, 6) is 0.322. The zero-order valence-electron chi connectivity index (χ0n) is 6.05. The highest BCUT2D eigenvalue weighted by atomic mass is 35.5. The summed E-state index contributed by atoms with van der Waals surface area (Å²) < 4.78 is 0.0895. The van der Waals surface area contributed by atoms with Crippen molar-refractivity contribution in [1.29, 1.82) is 0 Å². The molecular weight excluding hydrogens is 218 g/mol. The molecule has 0 spiro atoms. The van der Waals surface area contributed by atoms with Gasteiger partial charge in [-0.2, -0.15) is 0 Å². The van der Waals surface area contributed by atoms with Crippen LogP contribution < -0.4 is 0 Å². The van der Waals surface area contributed by atoms with Crippen LogP contribution in [0.15, 0.2) is 40.4 Å². The maximum atomic E-state index is 8.63. The van der Waals surface area contributed by atoms with Gasteiger partial charge in [-0.25, -0.2) is 0 Å². The molecule has 12 heavy (non-hydrogen) atoms. The van der Waals surface area contributed by atoms with Crippen LogP contribution in [0.1, 0.15) is 0 Å². The monoisotopic (exact) mass is 224 g/mol. The van der Waals surface area contributed by atoms with Gasteiger partial charge in [0.2, 0.25) is 0 Å². The smallest absolute Gasteiger partial charge is 0.118 e. The first-order valence-electron chi connectivity index (χ1n) is 3.02. The van der Waals surface area contributed by atoms with Gasteiger partial charge in [0, 0.05) is 5.54 Å². The Morgan fingerprint density at radius 3 is 1.75 bits per heavy atom. The highest BCUT2D eigenvalue weighted by Gasteiger charge is 1.74. The van der Waals surface area contributed by atoms with Gasteiger partial charge in [-0.1, -0.05) is 53.0 Å². The quantitative estimate of drug-likeness (QED) is 0.710. The molecule has 0 atom stereocenters. The van der Waals surface area contributed by atoms with E-state index in [1.165, 1.54) is 0 Å². The maximum Gasteiger partial charge on any atom is 0.118 e. The van der Waals surface area contributed by atoms with Gasteiger partial charge in [0.15, 0.2) is 0 Å². The van der Waals surface area contributed by atoms with Crippen LogP contribution >= 0.6 is 34.8 Å². The first kappa shape index (κ1) is 11.6. The molecule has 0 aliphatic rings. The third-order valence-electron chi connectivity index (χ3n) is 0.839. The van der Waals surface area contributed by atoms with Crippen molar-refractivity contribution in [3.63, 3.8) is 0 Å². The number of halogens is 3. The minimum absolute atomic E-state index is 0.0895. The molecule has 1 N–H and O–H groups in total. The predicted molar refractivity (Wildman–Crippen MR) is 53.7 cm³/mol. The summed E-state index contributed by atoms with van der Waals surface area (Å²) >= 11 is 14.8. The molecule has 0 saturated heterocycles. The van der Waals surface area contributed by atoms with E-state index in [1.54, 1.807) is 24.3 Å². The first-order valence-corrected chi connectivity index (χ1v) is 4.21. The number of rotatable bonds is 0. The third-order valence-corrected chi connectivity index (χ3v) is 1.50. The van der Waals surface area contributed by atoms with Crippen molar-refractivity contribution >= 4 is 34.8 Å². The Morgan fingerprint density at radius 1 is 1.17 bits per heavy atom. The molecule has 66 valence electrons. The van der Waals surface area contributed by atoms with Gasteiger partial charge in [-0.3, -0.25) is 0 Å². The Kier molecular flexibility index (Phi) is 7.06. The van der Waals surface area contributed by atoms with Crippen molar-refractivity contribution in [1.82, 2.24) is 0 Å². The largest absolute Gasteiger partial charge is 0.508 e. The standard InChI is InChI=1S/C6H6O.C2HCl3/c7-6-4-2-1-3-5-6;3-1-2(4)5/h1-5,7H;1H. The number of phenolic OH excluding ortho intramolecular Hbond substituents is 1. The number of para-hydroxylation sites is 1. The van der Waals surface area contributed by atoms with Crippen molar-refractivity contribution in [3.8, 4) is 5.75 Å². The summed E-state index contributed by atoms with van der Waals surface area (Å²) in [4.78, 5) is 0. The molecule has 0 bridgehead atoms. The van der Waals surface area contributed by atoms with E-state index in [4.69, 9.17) is 39.9 Å². The lowest BCUT2D eigenvalue weighted by atomic mass is 10.3. The van der Waals surface area contributed by atoms with E-state index in [2.05, 4.69) is 0 Å². The number of hydrogen-bond donors (Lipinski definition) is 1. The highest BCUT2D eigenvalue weighted by Crippen LogP contribution is 2.06. The molecule has 0 radical (unpaired) electrons. The first-order chi connectivity index (χ1) is 5.66. The summed E-state index contributed by atoms with van der Waals surface area (Å²) in [7, 11) is 0. The molecule has 0 heterocycles. The minimum Gasteiger partial charge on any atom is -0.508 e. The van der Waals surface area contributed by atoms with Gasteiger partial charge in [0.25, 0.3) is 0 Å². The summed E-state index contributed by atoms with van der Waals surface area (Å²) in [5.41, 5.74) is 1.09. The van der Waals surface area contributed by atoms with Crippen LogP contribution in [0.2, 0.25) is 0 Å². The van der Waals surface area contributed by atoms with Crippen molar-refractivity contribution in [2.75, 3.05) is 0 Å². The second kappa shape index (κ2) is 7.29. The average molecular weight is 226 g/mol. The molecule has 0 unspecified atom stereocenters. The summed E-state index contributed by atoms with van der Waals surface area (Å²) in [6.07, 6.45) is 0. The summed E-state index contributed by atoms with van der Waals surface area (Å²) in [6.45, 7) is 0. The minimum atomic E-state index is 0.0895. The Labute approximate surface area is 86.2 Å². The van der Waals surface area contributed by atoms with Gasteiger partial charge in [0.1, 0.15) is 10.2 Å². The lowest BCUT2D eigenvalue weighted by Crippen LogP contribution is -1.56. The van der Waals surface area contributed by atoms with Gasteiger partial charge in [-0.15, -0.1) is 0 Å². The van der Waals surface area contributed by atoms with E-state index < -0.39 is 0 Å². The molecule has 0 amide bonds. The molecule has 1 aromatic carbocycles. The second-order valence-corrected chi connectivity index (χ2v) is 2.96. The van der Waals surface area contributed by atoms with Crippen molar-refractivity contribution in [3.05, 3.63) is 40.4 Å². The van der Waals surface area contributed by atoms with Crippen LogP contribution in [0.25, 0.3) is 0 Å². The van der Waals surface area contributed by atoms with E-state index in [1.807, 2.05) is 6.07 Å². The molecule has 4 heteroatoms. The van der Waals surface area contributed by atoms with Crippen molar-refractivity contribution in [2.45, 2.75) is 0 Å². The van der Waals surface area contributed by atoms with E-state index >= 15 is 0 Å². The topological polar surface area (TPSA) is 20.2 Å². The van der Waals surface area contributed by atoms with Crippen LogP contribution in [-0.4, -0.2) is 5.11 Å². The number of hydrogen-bond acceptors (Lipinski definition) is 1. The fraction of sp³-hybridized carbons (Fsp3) is 0. The number of phenols is 1. The summed E-state index contributed by atoms with van der Waals surface area (Å²) in [6, 6.07) is 8.71. The Morgan fingerprint density at radius 2 is 1.58 bits per heavy atom. The summed E-state index contributed by atoms with van der Waals surface area (Å²) in [5, 5.41) is 8.63. The van der Waals surface area contributed by atoms with E-state index in [0.29, 0.717) is 5.75 Å². The molecular formula is C8H7Cl3O. The van der Waals surface area contributed by atoms with E-state index in [9.17, 15) is 0 Å². The molecule has 0 fully saturated rings. The molecule has 0 aliphatic carbocycles. The van der Waals surface area contributed by atoms with E-state index in [-0.39, 0.29) is 4.49 Å². The van der Waals surface area contributed by atoms with E-state index in [0.717, 1.165) is 5.54 Å². The normalized spacial score (nSPS) is 7.92. The molecule has 1 nitrogen and oxygen atoms in total. The third kappa shape index (κ3) is 7.73. The van der Waals surface area contributed by atoms with Crippen LogP contribution in [0.4, 0.5) is 0 Å². The van der Waals surface area contributed by atoms with Gasteiger partial charge < -0.3 is 5.11 Å². The van der Waals surface area contributed by atoms with Crippen molar-refractivity contribution < 1.29 is 5.11 Å². The molecule has 1 rings (SSSR count). The fourth-order valence-corrected chi connectivity index (χ4v) is 0.428. The second-order valence-electron chi connectivity index (χ2n) is 1.73. The zero-order valence-corrected chi connectivity index (χ0v) is 8.31. The van der Waals surface area contributed by atoms with Crippen LogP contribution in [0.5, 0.6) is 5.75 Å². The van der Waals surface area contributed by atoms with Crippen LogP contribution in [-0.2, 0) is 0 Å². The van der Waals surface area contributed by atoms with Crippen LogP contribution in [0.3, 0.4) is 0 Å². The fourth-order valence-electron chi connectivity index (χ4n) is 0.428. The Hall–Kier alpha value is -0.370. The van der Waals surface area contributed by atoms with Gasteiger partial charge >= 0.3 is 0 Å². The van der Waals surface area contributed by atoms with Gasteiger partial charge in [-0.05, 0) is 12.1 Å². The average Bonchev–Trinajstić information content (AvgIpc) is 2.07. The zero-order chi connectivity index (χ0) is 9.40. The predicted octanol–water partition coefficient (Wildman–Crippen LogP) is 3.89. The highest BCUT2D eigenvalue weighted by molar-refractivity contribution is 6.58. The Bertz CT molecular complexity index is 229. The Balaban J connectivity index is 0.000000217. The van der Waals surface area contributed by atoms with Crippen LogP contribution in [0, 0.1) is 0 Å². The molecule has 0 saturated carbocycles. The SMILES string of the molecule is ClC=C(Cl)Cl.Oc1ccccc1. The number of benzene rings is 1. The molecule has 0 aliphatic heterocycles. The maximum absolute atomic E-state index is 8.63. The number of aromatic hydroxyl groups is 1. The van der Waals surface area contributed by atoms with Crippen molar-refractivity contribution in [2.24, 2.45) is 0 Å².